The molecule has 1 atom stereocenters. The van der Waals surface area contributed by atoms with E-state index in [9.17, 15) is 9.00 Å². The summed E-state index contributed by atoms with van der Waals surface area (Å²) in [6.07, 6.45) is 2.22. The summed E-state index contributed by atoms with van der Waals surface area (Å²) in [4.78, 5) is 16.9. The van der Waals surface area contributed by atoms with Crippen LogP contribution >= 0.6 is 0 Å². The van der Waals surface area contributed by atoms with Crippen LogP contribution in [0.1, 0.15) is 29.5 Å². The maximum atomic E-state index is 13.0. The maximum absolute atomic E-state index is 13.0. The Kier molecular flexibility index (Phi) is 5.95. The molecule has 0 aliphatic carbocycles. The van der Waals surface area contributed by atoms with Gasteiger partial charge in [-0.15, -0.1) is 0 Å². The van der Waals surface area contributed by atoms with Crippen LogP contribution in [-0.4, -0.2) is 51.5 Å². The average Bonchev–Trinajstić information content (AvgIpc) is 2.89. The fourth-order valence-electron chi connectivity index (χ4n) is 2.69. The first-order valence-electron chi connectivity index (χ1n) is 7.81. The van der Waals surface area contributed by atoms with E-state index in [1.54, 1.807) is 31.7 Å². The first-order valence-corrected chi connectivity index (χ1v) is 8.92. The smallest absolute Gasteiger partial charge is 0.354 e. The molecule has 0 radical (unpaired) electrons. The van der Waals surface area contributed by atoms with Gasteiger partial charge in [-0.25, -0.2) is 13.3 Å². The van der Waals surface area contributed by atoms with E-state index >= 15 is 0 Å². The number of esters is 1. The summed E-state index contributed by atoms with van der Waals surface area (Å²) in [6, 6.07) is 1.65. The lowest BCUT2D eigenvalue weighted by Gasteiger charge is -2.28. The number of hydrogen-bond donors (Lipinski definition) is 1. The molecule has 0 aromatic carbocycles. The van der Waals surface area contributed by atoms with E-state index in [0.29, 0.717) is 36.7 Å². The Bertz CT molecular complexity index is 721. The van der Waals surface area contributed by atoms with Crippen molar-refractivity contribution in [3.8, 4) is 0 Å². The van der Waals surface area contributed by atoms with Gasteiger partial charge in [-0.2, -0.15) is 0 Å². The summed E-state index contributed by atoms with van der Waals surface area (Å²) >= 11 is 0. The lowest BCUT2D eigenvalue weighted by atomic mass is 10.1. The van der Waals surface area contributed by atoms with E-state index in [1.807, 2.05) is 11.2 Å². The predicted molar refractivity (Wildman–Crippen MR) is 94.3 cm³/mol. The van der Waals surface area contributed by atoms with Crippen molar-refractivity contribution in [2.24, 2.45) is 17.8 Å². The van der Waals surface area contributed by atoms with Gasteiger partial charge < -0.3 is 15.0 Å². The molecule has 1 aromatic heterocycles. The Morgan fingerprint density at radius 1 is 1.54 bits per heavy atom. The fraction of sp³-hybridized carbons (Fsp3) is 0.500. The molecule has 8 heteroatoms. The van der Waals surface area contributed by atoms with Gasteiger partial charge in [0.25, 0.3) is 0 Å². The molecule has 0 bridgehead atoms. The van der Waals surface area contributed by atoms with Crippen molar-refractivity contribution in [3.05, 3.63) is 29.2 Å². The highest BCUT2D eigenvalue weighted by molar-refractivity contribution is 7.82. The van der Waals surface area contributed by atoms with Crippen LogP contribution in [0.2, 0.25) is 0 Å². The number of piperidine rings is 1. The van der Waals surface area contributed by atoms with Crippen LogP contribution in [0.4, 0.5) is 0 Å². The monoisotopic (exact) mass is 352 g/mol. The Labute approximate surface area is 144 Å². The van der Waals surface area contributed by atoms with Gasteiger partial charge in [0.1, 0.15) is 16.7 Å². The topological polar surface area (TPSA) is 89.9 Å². The van der Waals surface area contributed by atoms with Crippen LogP contribution in [-0.2, 0) is 22.8 Å². The van der Waals surface area contributed by atoms with Crippen LogP contribution in [0.5, 0.6) is 0 Å². The van der Waals surface area contributed by atoms with Crippen LogP contribution in [0.25, 0.3) is 0 Å². The number of nitrogens with zero attached hydrogens (tertiary/aromatic N) is 3. The lowest BCUT2D eigenvalue weighted by Crippen LogP contribution is -2.37. The number of aromatic nitrogens is 1. The molecule has 1 unspecified atom stereocenters. The van der Waals surface area contributed by atoms with E-state index < -0.39 is 17.0 Å². The highest BCUT2D eigenvalue weighted by Crippen LogP contribution is 2.24. The van der Waals surface area contributed by atoms with Gasteiger partial charge in [0.05, 0.1) is 11.5 Å². The normalized spacial score (nSPS) is 20.5. The Balaban J connectivity index is 2.28. The maximum Gasteiger partial charge on any atom is 0.354 e. The summed E-state index contributed by atoms with van der Waals surface area (Å²) in [7, 11) is 2.13. The molecule has 0 spiro atoms. The third-order valence-electron chi connectivity index (χ3n) is 4.18. The summed E-state index contributed by atoms with van der Waals surface area (Å²) in [5.74, 6) is -0.409. The number of nitrogens with two attached hydrogens (primary N) is 1. The number of hydrogen-bond acceptors (Lipinski definition) is 5. The molecular formula is C16H24N4O3S. The second-order valence-corrected chi connectivity index (χ2v) is 6.94. The van der Waals surface area contributed by atoms with Crippen molar-refractivity contribution >= 4 is 22.7 Å². The van der Waals surface area contributed by atoms with Gasteiger partial charge >= 0.3 is 5.97 Å². The second kappa shape index (κ2) is 7.76. The third-order valence-corrected chi connectivity index (χ3v) is 5.75. The molecule has 1 aromatic rings. The van der Waals surface area contributed by atoms with Crippen molar-refractivity contribution < 1.29 is 13.7 Å². The molecule has 2 rings (SSSR count). The Morgan fingerprint density at radius 2 is 2.25 bits per heavy atom. The number of rotatable bonds is 4. The molecule has 2 heterocycles. The average molecular weight is 352 g/mol. The van der Waals surface area contributed by atoms with Gasteiger partial charge in [-0.05, 0) is 19.9 Å². The zero-order valence-corrected chi connectivity index (χ0v) is 15.4. The van der Waals surface area contributed by atoms with Crippen molar-refractivity contribution in [1.29, 1.82) is 0 Å². The Hall–Kier alpha value is -1.93. The molecular weight excluding hydrogens is 328 g/mol. The van der Waals surface area contributed by atoms with Gasteiger partial charge in [0, 0.05) is 56.8 Å². The van der Waals surface area contributed by atoms with Crippen molar-refractivity contribution in [3.63, 3.8) is 0 Å². The largest absolute Gasteiger partial charge is 0.461 e. The number of carbonyl (C=O) groups is 1. The van der Waals surface area contributed by atoms with Gasteiger partial charge in [0.2, 0.25) is 0 Å². The van der Waals surface area contributed by atoms with Crippen molar-refractivity contribution in [1.82, 2.24) is 8.87 Å². The first-order chi connectivity index (χ1) is 11.4. The second-order valence-electron chi connectivity index (χ2n) is 5.48. The van der Waals surface area contributed by atoms with E-state index in [-0.39, 0.29) is 0 Å². The van der Waals surface area contributed by atoms with E-state index in [0.717, 1.165) is 17.0 Å². The fourth-order valence-corrected chi connectivity index (χ4v) is 4.08. The quantitative estimate of drug-likeness (QED) is 0.823. The van der Waals surface area contributed by atoms with E-state index in [2.05, 4.69) is 4.99 Å². The molecule has 1 aliphatic rings. The van der Waals surface area contributed by atoms with Crippen LogP contribution in [0.15, 0.2) is 27.7 Å². The summed E-state index contributed by atoms with van der Waals surface area (Å²) in [5, 5.41) is 0. The van der Waals surface area contributed by atoms with E-state index in [4.69, 9.17) is 10.5 Å². The predicted octanol–water partition coefficient (Wildman–Crippen LogP) is 1.15. The van der Waals surface area contributed by atoms with Gasteiger partial charge in [-0.3, -0.25) is 4.99 Å². The highest BCUT2D eigenvalue weighted by Gasteiger charge is 2.27. The molecule has 7 nitrogen and oxygen atoms in total. The summed E-state index contributed by atoms with van der Waals surface area (Å²) < 4.78 is 21.6. The summed E-state index contributed by atoms with van der Waals surface area (Å²) in [5.41, 5.74) is 8.69. The first kappa shape index (κ1) is 18.4. The molecule has 1 saturated heterocycles. The number of ether oxygens (including phenoxy) is 1. The van der Waals surface area contributed by atoms with Gasteiger partial charge in [0.15, 0.2) is 0 Å². The molecule has 1 fully saturated rings. The Morgan fingerprint density at radius 3 is 2.83 bits per heavy atom. The molecule has 1 aliphatic heterocycles. The SMILES string of the molecule is CCOC(=O)c1cc(S(=O)N2CCC(=NC)/C(=C\N)C2)c(C)n1C. The molecule has 0 saturated carbocycles. The molecule has 132 valence electrons. The standard InChI is InChI=1S/C16H24N4O3S/c1-5-23-16(21)14-8-15(11(2)19(14)4)24(22)20-7-6-13(18-3)12(9-17)10-20/h8-9H,5-7,10,17H2,1-4H3/b12-9-,18-13?. The number of aliphatic imine (C=N–C) groups is 1. The van der Waals surface area contributed by atoms with E-state index in [1.165, 1.54) is 6.20 Å². The zero-order chi connectivity index (χ0) is 17.9. The van der Waals surface area contributed by atoms with Crippen LogP contribution < -0.4 is 5.73 Å². The molecule has 24 heavy (non-hydrogen) atoms. The van der Waals surface area contributed by atoms with Crippen molar-refractivity contribution in [2.45, 2.75) is 25.2 Å². The van der Waals surface area contributed by atoms with Crippen LogP contribution in [0.3, 0.4) is 0 Å². The summed E-state index contributed by atoms with van der Waals surface area (Å²) in [6.45, 7) is 5.00. The molecule has 2 N–H and O–H groups in total. The number of carbonyl (C=O) groups excluding carboxylic acids is 1. The van der Waals surface area contributed by atoms with Crippen molar-refractivity contribution in [2.75, 3.05) is 26.7 Å². The minimum Gasteiger partial charge on any atom is -0.461 e. The third kappa shape index (κ3) is 3.44. The van der Waals surface area contributed by atoms with Crippen LogP contribution in [0, 0.1) is 6.92 Å². The minimum atomic E-state index is -1.38. The lowest BCUT2D eigenvalue weighted by molar-refractivity contribution is 0.0515. The molecule has 0 amide bonds. The highest BCUT2D eigenvalue weighted by atomic mass is 32.2. The zero-order valence-electron chi connectivity index (χ0n) is 14.5. The van der Waals surface area contributed by atoms with Gasteiger partial charge in [-0.1, -0.05) is 0 Å². The minimum absolute atomic E-state index is 0.303.